The predicted octanol–water partition coefficient (Wildman–Crippen LogP) is 3.70. The zero-order valence-corrected chi connectivity index (χ0v) is 14.5. The molecular formula is C18H23N3OS. The third kappa shape index (κ3) is 3.98. The molecule has 0 bridgehead atoms. The van der Waals surface area contributed by atoms with Gasteiger partial charge in [0.25, 0.3) is 0 Å². The van der Waals surface area contributed by atoms with Gasteiger partial charge in [0.2, 0.25) is 5.91 Å². The van der Waals surface area contributed by atoms with Gasteiger partial charge in [0.15, 0.2) is 5.13 Å². The van der Waals surface area contributed by atoms with Gasteiger partial charge in [-0.3, -0.25) is 4.79 Å². The van der Waals surface area contributed by atoms with Gasteiger partial charge >= 0.3 is 0 Å². The molecule has 4 nitrogen and oxygen atoms in total. The van der Waals surface area contributed by atoms with E-state index in [0.717, 1.165) is 37.1 Å². The number of benzene rings is 1. The lowest BCUT2D eigenvalue weighted by Gasteiger charge is -2.26. The first-order chi connectivity index (χ1) is 11.2. The number of rotatable bonds is 4. The molecule has 122 valence electrons. The first kappa shape index (κ1) is 16.1. The second-order valence-electron chi connectivity index (χ2n) is 6.15. The van der Waals surface area contributed by atoms with Crippen molar-refractivity contribution < 1.29 is 4.79 Å². The number of aromatic nitrogens is 1. The van der Waals surface area contributed by atoms with Gasteiger partial charge in [-0.1, -0.05) is 31.2 Å². The highest BCUT2D eigenvalue weighted by Gasteiger charge is 2.25. The van der Waals surface area contributed by atoms with Crippen molar-refractivity contribution in [1.82, 2.24) is 10.3 Å². The molecule has 2 atom stereocenters. The van der Waals surface area contributed by atoms with Gasteiger partial charge in [-0.05, 0) is 38.3 Å². The first-order valence-corrected chi connectivity index (χ1v) is 9.12. The van der Waals surface area contributed by atoms with Crippen LogP contribution in [0.2, 0.25) is 0 Å². The number of aryl methyl sites for hydroxylation is 1. The lowest BCUT2D eigenvalue weighted by atomic mass is 9.92. The molecule has 1 fully saturated rings. The molecule has 1 saturated heterocycles. The topological polar surface area (TPSA) is 54.0 Å². The summed E-state index contributed by atoms with van der Waals surface area (Å²) >= 11 is 1.49. The predicted molar refractivity (Wildman–Crippen MR) is 95.7 cm³/mol. The Morgan fingerprint density at radius 2 is 2.17 bits per heavy atom. The van der Waals surface area contributed by atoms with Crippen molar-refractivity contribution in [2.45, 2.75) is 39.2 Å². The molecule has 2 heterocycles. The molecule has 5 heteroatoms. The fourth-order valence-electron chi connectivity index (χ4n) is 2.95. The van der Waals surface area contributed by atoms with Crippen LogP contribution in [0, 0.1) is 5.92 Å². The zero-order chi connectivity index (χ0) is 16.2. The summed E-state index contributed by atoms with van der Waals surface area (Å²) in [5, 5.41) is 9.05. The largest absolute Gasteiger partial charge is 0.314 e. The van der Waals surface area contributed by atoms with Crippen LogP contribution in [0.4, 0.5) is 5.13 Å². The molecule has 1 aromatic heterocycles. The van der Waals surface area contributed by atoms with E-state index in [1.807, 2.05) is 5.38 Å². The standard InChI is InChI=1S/C18H23N3OS/c1-3-13-4-6-14(7-5-13)16-11-23-18(20-16)21-17(22)15-8-9-19-12(2)10-15/h4-7,11-12,15,19H,3,8-10H2,1-2H3,(H,20,21,22)/t12-,15-/m0/s1. The van der Waals surface area contributed by atoms with E-state index in [0.29, 0.717) is 11.2 Å². The van der Waals surface area contributed by atoms with Gasteiger partial charge in [-0.2, -0.15) is 0 Å². The highest BCUT2D eigenvalue weighted by atomic mass is 32.1. The van der Waals surface area contributed by atoms with Crippen molar-refractivity contribution in [2.24, 2.45) is 5.92 Å². The summed E-state index contributed by atoms with van der Waals surface area (Å²) in [6.45, 7) is 5.18. The van der Waals surface area contributed by atoms with Crippen LogP contribution < -0.4 is 10.6 Å². The Balaban J connectivity index is 1.65. The Morgan fingerprint density at radius 1 is 1.39 bits per heavy atom. The van der Waals surface area contributed by atoms with Crippen molar-refractivity contribution in [3.63, 3.8) is 0 Å². The minimum atomic E-state index is 0.0856. The number of piperidine rings is 1. The van der Waals surface area contributed by atoms with E-state index in [-0.39, 0.29) is 11.8 Å². The van der Waals surface area contributed by atoms with Crippen LogP contribution in [0.1, 0.15) is 32.3 Å². The summed E-state index contributed by atoms with van der Waals surface area (Å²) in [4.78, 5) is 16.9. The third-order valence-electron chi connectivity index (χ3n) is 4.39. The maximum atomic E-state index is 12.4. The van der Waals surface area contributed by atoms with Gasteiger partial charge < -0.3 is 10.6 Å². The number of thiazole rings is 1. The number of carbonyl (C=O) groups is 1. The van der Waals surface area contributed by atoms with Crippen LogP contribution in [0.3, 0.4) is 0 Å². The molecule has 1 aromatic carbocycles. The van der Waals surface area contributed by atoms with Crippen molar-refractivity contribution in [1.29, 1.82) is 0 Å². The van der Waals surface area contributed by atoms with E-state index >= 15 is 0 Å². The van der Waals surface area contributed by atoms with E-state index in [4.69, 9.17) is 0 Å². The number of hydrogen-bond acceptors (Lipinski definition) is 4. The maximum absolute atomic E-state index is 12.4. The van der Waals surface area contributed by atoms with Gasteiger partial charge in [0, 0.05) is 22.9 Å². The average Bonchev–Trinajstić information content (AvgIpc) is 3.03. The lowest BCUT2D eigenvalue weighted by Crippen LogP contribution is -2.40. The normalized spacial score (nSPS) is 21.1. The fraction of sp³-hybridized carbons (Fsp3) is 0.444. The molecule has 0 saturated carbocycles. The zero-order valence-electron chi connectivity index (χ0n) is 13.6. The number of carbonyl (C=O) groups excluding carboxylic acids is 1. The third-order valence-corrected chi connectivity index (χ3v) is 5.14. The number of amides is 1. The van der Waals surface area contributed by atoms with Crippen LogP contribution in [-0.4, -0.2) is 23.5 Å². The minimum absolute atomic E-state index is 0.0856. The van der Waals surface area contributed by atoms with Crippen LogP contribution in [-0.2, 0) is 11.2 Å². The molecule has 0 aliphatic carbocycles. The molecule has 2 aromatic rings. The van der Waals surface area contributed by atoms with Crippen LogP contribution >= 0.6 is 11.3 Å². The quantitative estimate of drug-likeness (QED) is 0.899. The summed E-state index contributed by atoms with van der Waals surface area (Å²) in [7, 11) is 0. The second-order valence-corrected chi connectivity index (χ2v) is 7.01. The summed E-state index contributed by atoms with van der Waals surface area (Å²) < 4.78 is 0. The van der Waals surface area contributed by atoms with Gasteiger partial charge in [-0.15, -0.1) is 11.3 Å². The molecule has 1 aliphatic heterocycles. The van der Waals surface area contributed by atoms with Gasteiger partial charge in [0.05, 0.1) is 5.69 Å². The van der Waals surface area contributed by atoms with Crippen molar-refractivity contribution in [3.05, 3.63) is 35.2 Å². The number of anilines is 1. The Hall–Kier alpha value is -1.72. The van der Waals surface area contributed by atoms with E-state index in [9.17, 15) is 4.79 Å². The number of hydrogen-bond donors (Lipinski definition) is 2. The summed E-state index contributed by atoms with van der Waals surface area (Å²) in [5.41, 5.74) is 3.33. The van der Waals surface area contributed by atoms with Crippen LogP contribution in [0.15, 0.2) is 29.6 Å². The lowest BCUT2D eigenvalue weighted by molar-refractivity contribution is -0.120. The molecule has 0 unspecified atom stereocenters. The first-order valence-electron chi connectivity index (χ1n) is 8.24. The summed E-state index contributed by atoms with van der Waals surface area (Å²) in [5.74, 6) is 0.183. The highest BCUT2D eigenvalue weighted by Crippen LogP contribution is 2.26. The van der Waals surface area contributed by atoms with Crippen molar-refractivity contribution >= 4 is 22.4 Å². The SMILES string of the molecule is CCc1ccc(-c2csc(NC(=O)[C@H]3CCN[C@@H](C)C3)n2)cc1. The van der Waals surface area contributed by atoms with Gasteiger partial charge in [-0.25, -0.2) is 4.98 Å². The molecular weight excluding hydrogens is 306 g/mol. The van der Waals surface area contributed by atoms with Crippen LogP contribution in [0.5, 0.6) is 0 Å². The maximum Gasteiger partial charge on any atom is 0.229 e. The van der Waals surface area contributed by atoms with E-state index < -0.39 is 0 Å². The molecule has 1 amide bonds. The molecule has 0 spiro atoms. The van der Waals surface area contributed by atoms with Crippen molar-refractivity contribution in [2.75, 3.05) is 11.9 Å². The van der Waals surface area contributed by atoms with E-state index in [1.165, 1.54) is 16.9 Å². The summed E-state index contributed by atoms with van der Waals surface area (Å²) in [6, 6.07) is 8.85. The number of nitrogens with one attached hydrogen (secondary N) is 2. The summed E-state index contributed by atoms with van der Waals surface area (Å²) in [6.07, 6.45) is 2.82. The molecule has 3 rings (SSSR count). The Kier molecular flexibility index (Phi) is 5.08. The average molecular weight is 329 g/mol. The molecule has 23 heavy (non-hydrogen) atoms. The Bertz CT molecular complexity index is 665. The smallest absolute Gasteiger partial charge is 0.229 e. The van der Waals surface area contributed by atoms with Crippen molar-refractivity contribution in [3.8, 4) is 11.3 Å². The highest BCUT2D eigenvalue weighted by molar-refractivity contribution is 7.14. The van der Waals surface area contributed by atoms with Crippen LogP contribution in [0.25, 0.3) is 11.3 Å². The minimum Gasteiger partial charge on any atom is -0.314 e. The Labute approximate surface area is 141 Å². The van der Waals surface area contributed by atoms with E-state index in [2.05, 4.69) is 53.7 Å². The Morgan fingerprint density at radius 3 is 2.87 bits per heavy atom. The molecule has 2 N–H and O–H groups in total. The van der Waals surface area contributed by atoms with E-state index in [1.54, 1.807) is 0 Å². The van der Waals surface area contributed by atoms with Gasteiger partial charge in [0.1, 0.15) is 0 Å². The molecule has 0 radical (unpaired) electrons. The molecule has 1 aliphatic rings. The fourth-order valence-corrected chi connectivity index (χ4v) is 3.68. The monoisotopic (exact) mass is 329 g/mol. The number of nitrogens with zero attached hydrogens (tertiary/aromatic N) is 1. The second kappa shape index (κ2) is 7.23.